The van der Waals surface area contributed by atoms with E-state index >= 15 is 0 Å². The maximum absolute atomic E-state index is 12.3. The highest BCUT2D eigenvalue weighted by Gasteiger charge is 2.16. The molecule has 1 fully saturated rings. The van der Waals surface area contributed by atoms with Crippen molar-refractivity contribution < 1.29 is 14.3 Å². The Morgan fingerprint density at radius 2 is 1.96 bits per heavy atom. The second-order valence-corrected chi connectivity index (χ2v) is 7.15. The van der Waals surface area contributed by atoms with Gasteiger partial charge in [0.25, 0.3) is 0 Å². The third kappa shape index (κ3) is 5.47. The van der Waals surface area contributed by atoms with Gasteiger partial charge in [-0.25, -0.2) is 0 Å². The van der Waals surface area contributed by atoms with E-state index in [9.17, 15) is 4.79 Å². The van der Waals surface area contributed by atoms with Crippen LogP contribution in [0.2, 0.25) is 0 Å². The summed E-state index contributed by atoms with van der Waals surface area (Å²) in [7, 11) is 0. The molecule has 0 bridgehead atoms. The summed E-state index contributed by atoms with van der Waals surface area (Å²) in [6.07, 6.45) is 2.34. The maximum Gasteiger partial charge on any atom is 0.243 e. The molecule has 5 heteroatoms. The standard InChI is InChI=1S/C22H28N2O3/c1-15-10-16(2)22(17(3)11-15)24-21(25)13-23-18-6-4-7-19(12-18)27-14-20-8-5-9-26-20/h4,6-7,10-12,20,23H,5,8-9,13-14H2,1-3H3,(H,24,25). The van der Waals surface area contributed by atoms with E-state index in [1.807, 2.05) is 38.1 Å². The Kier molecular flexibility index (Phi) is 6.35. The zero-order chi connectivity index (χ0) is 19.2. The topological polar surface area (TPSA) is 59.6 Å². The van der Waals surface area contributed by atoms with E-state index in [1.54, 1.807) is 0 Å². The van der Waals surface area contributed by atoms with Gasteiger partial charge in [0.15, 0.2) is 0 Å². The van der Waals surface area contributed by atoms with E-state index in [4.69, 9.17) is 9.47 Å². The molecule has 1 unspecified atom stereocenters. The zero-order valence-corrected chi connectivity index (χ0v) is 16.3. The molecular formula is C22H28N2O3. The summed E-state index contributed by atoms with van der Waals surface area (Å²) in [5.74, 6) is 0.705. The third-order valence-corrected chi connectivity index (χ3v) is 4.69. The van der Waals surface area contributed by atoms with Crippen molar-refractivity contribution in [3.8, 4) is 5.75 Å². The van der Waals surface area contributed by atoms with Crippen molar-refractivity contribution in [3.05, 3.63) is 53.1 Å². The van der Waals surface area contributed by atoms with Crippen molar-refractivity contribution >= 4 is 17.3 Å². The summed E-state index contributed by atoms with van der Waals surface area (Å²) in [5.41, 5.74) is 5.09. The van der Waals surface area contributed by atoms with Gasteiger partial charge in [-0.15, -0.1) is 0 Å². The van der Waals surface area contributed by atoms with Gasteiger partial charge >= 0.3 is 0 Å². The lowest BCUT2D eigenvalue weighted by atomic mass is 10.1. The number of nitrogens with one attached hydrogen (secondary N) is 2. The molecule has 3 rings (SSSR count). The average molecular weight is 368 g/mol. The molecule has 2 N–H and O–H groups in total. The lowest BCUT2D eigenvalue weighted by Gasteiger charge is -2.14. The minimum Gasteiger partial charge on any atom is -0.491 e. The van der Waals surface area contributed by atoms with E-state index in [1.165, 1.54) is 5.56 Å². The van der Waals surface area contributed by atoms with E-state index in [0.717, 1.165) is 47.7 Å². The number of carbonyl (C=O) groups is 1. The Balaban J connectivity index is 1.52. The summed E-state index contributed by atoms with van der Waals surface area (Å²) in [6.45, 7) is 7.67. The number of anilines is 2. The first-order valence-corrected chi connectivity index (χ1v) is 9.47. The van der Waals surface area contributed by atoms with Crippen LogP contribution in [0.4, 0.5) is 11.4 Å². The van der Waals surface area contributed by atoms with Crippen LogP contribution in [-0.2, 0) is 9.53 Å². The van der Waals surface area contributed by atoms with Gasteiger partial charge in [0.05, 0.1) is 12.6 Å². The first-order chi connectivity index (χ1) is 13.0. The first kappa shape index (κ1) is 19.2. The minimum absolute atomic E-state index is 0.0734. The van der Waals surface area contributed by atoms with Crippen LogP contribution in [0.5, 0.6) is 5.75 Å². The van der Waals surface area contributed by atoms with Crippen LogP contribution >= 0.6 is 0 Å². The Hall–Kier alpha value is -2.53. The molecule has 0 radical (unpaired) electrons. The van der Waals surface area contributed by atoms with E-state index in [0.29, 0.717) is 6.61 Å². The monoisotopic (exact) mass is 368 g/mol. The van der Waals surface area contributed by atoms with Crippen molar-refractivity contribution in [1.82, 2.24) is 0 Å². The molecule has 1 amide bonds. The predicted molar refractivity (Wildman–Crippen MR) is 109 cm³/mol. The summed E-state index contributed by atoms with van der Waals surface area (Å²) < 4.78 is 11.4. The normalized spacial score (nSPS) is 16.2. The Morgan fingerprint density at radius 3 is 2.67 bits per heavy atom. The molecule has 1 atom stereocenters. The second kappa shape index (κ2) is 8.91. The molecule has 1 aliphatic rings. The van der Waals surface area contributed by atoms with Crippen molar-refractivity contribution in [2.45, 2.75) is 39.7 Å². The number of benzene rings is 2. The van der Waals surface area contributed by atoms with E-state index in [-0.39, 0.29) is 18.6 Å². The van der Waals surface area contributed by atoms with Gasteiger partial charge in [-0.2, -0.15) is 0 Å². The molecule has 2 aromatic carbocycles. The SMILES string of the molecule is Cc1cc(C)c(NC(=O)CNc2cccc(OCC3CCCO3)c2)c(C)c1. The zero-order valence-electron chi connectivity index (χ0n) is 16.3. The fourth-order valence-electron chi connectivity index (χ4n) is 3.40. The number of hydrogen-bond acceptors (Lipinski definition) is 4. The molecular weight excluding hydrogens is 340 g/mol. The van der Waals surface area contributed by atoms with Crippen molar-refractivity contribution in [3.63, 3.8) is 0 Å². The average Bonchev–Trinajstić information content (AvgIpc) is 3.15. The summed E-state index contributed by atoms with van der Waals surface area (Å²) >= 11 is 0. The van der Waals surface area contributed by atoms with Crippen LogP contribution in [0.15, 0.2) is 36.4 Å². The molecule has 1 saturated heterocycles. The molecule has 1 aliphatic heterocycles. The predicted octanol–water partition coefficient (Wildman–Crippen LogP) is 4.22. The highest BCUT2D eigenvalue weighted by molar-refractivity contribution is 5.95. The van der Waals surface area contributed by atoms with Gasteiger partial charge in [0.1, 0.15) is 12.4 Å². The van der Waals surface area contributed by atoms with Crippen LogP contribution in [0, 0.1) is 20.8 Å². The molecule has 1 heterocycles. The van der Waals surface area contributed by atoms with Gasteiger partial charge in [-0.3, -0.25) is 4.79 Å². The number of ether oxygens (including phenoxy) is 2. The van der Waals surface area contributed by atoms with Crippen LogP contribution in [0.1, 0.15) is 29.5 Å². The van der Waals surface area contributed by atoms with Crippen LogP contribution in [0.3, 0.4) is 0 Å². The van der Waals surface area contributed by atoms with Crippen molar-refractivity contribution in [2.75, 3.05) is 30.4 Å². The first-order valence-electron chi connectivity index (χ1n) is 9.47. The molecule has 144 valence electrons. The van der Waals surface area contributed by atoms with Crippen LogP contribution in [0.25, 0.3) is 0 Å². The Morgan fingerprint density at radius 1 is 1.19 bits per heavy atom. The molecule has 5 nitrogen and oxygen atoms in total. The van der Waals surface area contributed by atoms with Gasteiger partial charge in [-0.1, -0.05) is 23.8 Å². The Labute approximate surface area is 161 Å². The number of carbonyl (C=O) groups excluding carboxylic acids is 1. The Bertz CT molecular complexity index is 775. The highest BCUT2D eigenvalue weighted by Crippen LogP contribution is 2.22. The van der Waals surface area contributed by atoms with E-state index in [2.05, 4.69) is 29.7 Å². The molecule has 0 aliphatic carbocycles. The van der Waals surface area contributed by atoms with Gasteiger partial charge in [0.2, 0.25) is 5.91 Å². The lowest BCUT2D eigenvalue weighted by molar-refractivity contribution is -0.114. The van der Waals surface area contributed by atoms with Gasteiger partial charge in [-0.05, 0) is 56.9 Å². The van der Waals surface area contributed by atoms with Gasteiger partial charge < -0.3 is 20.1 Å². The number of hydrogen-bond donors (Lipinski definition) is 2. The molecule has 27 heavy (non-hydrogen) atoms. The second-order valence-electron chi connectivity index (χ2n) is 7.15. The van der Waals surface area contributed by atoms with Crippen molar-refractivity contribution in [2.24, 2.45) is 0 Å². The number of amides is 1. The summed E-state index contributed by atoms with van der Waals surface area (Å²) in [4.78, 5) is 12.3. The fourth-order valence-corrected chi connectivity index (χ4v) is 3.40. The van der Waals surface area contributed by atoms with Crippen LogP contribution < -0.4 is 15.4 Å². The smallest absolute Gasteiger partial charge is 0.243 e. The minimum atomic E-state index is -0.0734. The number of aryl methyl sites for hydroxylation is 3. The fraction of sp³-hybridized carbons (Fsp3) is 0.409. The van der Waals surface area contributed by atoms with Gasteiger partial charge in [0, 0.05) is 24.0 Å². The molecule has 0 aromatic heterocycles. The number of rotatable bonds is 7. The molecule has 0 saturated carbocycles. The lowest BCUT2D eigenvalue weighted by Crippen LogP contribution is -2.22. The third-order valence-electron chi connectivity index (χ3n) is 4.69. The quantitative estimate of drug-likeness (QED) is 0.768. The van der Waals surface area contributed by atoms with Crippen molar-refractivity contribution in [1.29, 1.82) is 0 Å². The highest BCUT2D eigenvalue weighted by atomic mass is 16.5. The summed E-state index contributed by atoms with van der Waals surface area (Å²) in [6, 6.07) is 11.8. The van der Waals surface area contributed by atoms with E-state index < -0.39 is 0 Å². The maximum atomic E-state index is 12.3. The molecule has 2 aromatic rings. The summed E-state index contributed by atoms with van der Waals surface area (Å²) in [5, 5.41) is 6.16. The van der Waals surface area contributed by atoms with Crippen LogP contribution in [-0.4, -0.2) is 31.8 Å². The molecule has 0 spiro atoms. The largest absolute Gasteiger partial charge is 0.491 e.